The van der Waals surface area contributed by atoms with Gasteiger partial charge in [-0.15, -0.1) is 11.8 Å². The maximum Gasteiger partial charge on any atom is 0.142 e. The fourth-order valence-corrected chi connectivity index (χ4v) is 4.96. The van der Waals surface area contributed by atoms with Crippen LogP contribution in [0.2, 0.25) is 0 Å². The van der Waals surface area contributed by atoms with E-state index in [0.717, 1.165) is 17.8 Å². The molecular formula is C12H19N3S2. The van der Waals surface area contributed by atoms with E-state index in [1.54, 1.807) is 0 Å². The molecule has 1 aromatic heterocycles. The summed E-state index contributed by atoms with van der Waals surface area (Å²) >= 11 is 4.06. The van der Waals surface area contributed by atoms with Crippen molar-refractivity contribution < 1.29 is 0 Å². The van der Waals surface area contributed by atoms with Gasteiger partial charge in [0.2, 0.25) is 0 Å². The molecule has 0 spiro atoms. The Morgan fingerprint density at radius 2 is 2.00 bits per heavy atom. The Morgan fingerprint density at radius 1 is 1.29 bits per heavy atom. The molecule has 0 aromatic carbocycles. The fraction of sp³-hybridized carbons (Fsp3) is 0.667. The second-order valence-corrected chi connectivity index (χ2v) is 6.69. The molecule has 5 heteroatoms. The second kappa shape index (κ2) is 6.61. The first kappa shape index (κ1) is 13.2. The highest BCUT2D eigenvalue weighted by atomic mass is 32.2. The Bertz CT molecular complexity index is 342. The zero-order valence-electron chi connectivity index (χ0n) is 10.1. The molecule has 0 radical (unpaired) electrons. The van der Waals surface area contributed by atoms with Crippen molar-refractivity contribution in [2.75, 3.05) is 18.1 Å². The van der Waals surface area contributed by atoms with Gasteiger partial charge in [0.05, 0.1) is 5.25 Å². The van der Waals surface area contributed by atoms with Crippen LogP contribution in [-0.2, 0) is 6.42 Å². The molecule has 2 unspecified atom stereocenters. The van der Waals surface area contributed by atoms with Crippen molar-refractivity contribution in [3.8, 4) is 0 Å². The van der Waals surface area contributed by atoms with Crippen LogP contribution in [0.5, 0.6) is 0 Å². The molecule has 0 bridgehead atoms. The van der Waals surface area contributed by atoms with Gasteiger partial charge in [0.15, 0.2) is 0 Å². The Kier molecular flexibility index (Phi) is 5.13. The van der Waals surface area contributed by atoms with Crippen LogP contribution in [0.25, 0.3) is 0 Å². The van der Waals surface area contributed by atoms with E-state index in [9.17, 15) is 0 Å². The molecular weight excluding hydrogens is 250 g/mol. The SMILES string of the molecule is CCC1SCCSC1c1ncc(CCN)cn1. The Labute approximate surface area is 111 Å². The summed E-state index contributed by atoms with van der Waals surface area (Å²) in [5, 5.41) is 1.12. The van der Waals surface area contributed by atoms with E-state index in [1.807, 2.05) is 24.2 Å². The van der Waals surface area contributed by atoms with Crippen LogP contribution in [0.4, 0.5) is 0 Å². The van der Waals surface area contributed by atoms with Gasteiger partial charge >= 0.3 is 0 Å². The average molecular weight is 269 g/mol. The molecule has 0 amide bonds. The number of rotatable bonds is 4. The number of hydrogen-bond acceptors (Lipinski definition) is 5. The highest BCUT2D eigenvalue weighted by Crippen LogP contribution is 2.42. The Hall–Kier alpha value is -0.260. The summed E-state index contributed by atoms with van der Waals surface area (Å²) in [5.41, 5.74) is 6.66. The van der Waals surface area contributed by atoms with Crippen molar-refractivity contribution in [3.63, 3.8) is 0 Å². The van der Waals surface area contributed by atoms with Crippen LogP contribution < -0.4 is 5.73 Å². The minimum absolute atomic E-state index is 0.464. The van der Waals surface area contributed by atoms with E-state index < -0.39 is 0 Å². The van der Waals surface area contributed by atoms with Crippen molar-refractivity contribution in [2.24, 2.45) is 5.73 Å². The Morgan fingerprint density at radius 3 is 2.65 bits per heavy atom. The molecule has 94 valence electrons. The van der Waals surface area contributed by atoms with Gasteiger partial charge in [0.25, 0.3) is 0 Å². The molecule has 1 aliphatic heterocycles. The fourth-order valence-electron chi connectivity index (χ4n) is 1.95. The molecule has 0 aliphatic carbocycles. The normalized spacial score (nSPS) is 24.8. The highest BCUT2D eigenvalue weighted by molar-refractivity contribution is 8.06. The lowest BCUT2D eigenvalue weighted by Gasteiger charge is -2.28. The molecule has 2 rings (SSSR count). The van der Waals surface area contributed by atoms with Crippen LogP contribution in [0, 0.1) is 0 Å². The van der Waals surface area contributed by atoms with Crippen molar-refractivity contribution in [3.05, 3.63) is 23.8 Å². The van der Waals surface area contributed by atoms with Gasteiger partial charge < -0.3 is 5.73 Å². The third-order valence-corrected chi connectivity index (χ3v) is 6.11. The van der Waals surface area contributed by atoms with Gasteiger partial charge in [-0.05, 0) is 24.9 Å². The van der Waals surface area contributed by atoms with E-state index in [0.29, 0.717) is 17.0 Å². The standard InChI is InChI=1S/C12H19N3S2/c1-2-10-11(17-6-5-16-10)12-14-7-9(3-4-13)8-15-12/h7-8,10-11H,2-6,13H2,1H3. The summed E-state index contributed by atoms with van der Waals surface area (Å²) in [6.07, 6.45) is 5.92. The largest absolute Gasteiger partial charge is 0.330 e. The zero-order chi connectivity index (χ0) is 12.1. The van der Waals surface area contributed by atoms with Crippen LogP contribution in [0.15, 0.2) is 12.4 Å². The summed E-state index contributed by atoms with van der Waals surface area (Å²) in [5.74, 6) is 3.46. The molecule has 3 nitrogen and oxygen atoms in total. The number of aromatic nitrogens is 2. The number of thioether (sulfide) groups is 2. The van der Waals surface area contributed by atoms with Gasteiger partial charge in [0, 0.05) is 29.1 Å². The lowest BCUT2D eigenvalue weighted by molar-refractivity contribution is 0.745. The number of hydrogen-bond donors (Lipinski definition) is 1. The average Bonchev–Trinajstić information content (AvgIpc) is 2.40. The highest BCUT2D eigenvalue weighted by Gasteiger charge is 2.28. The molecule has 2 atom stereocenters. The number of nitrogens with two attached hydrogens (primary N) is 1. The quantitative estimate of drug-likeness (QED) is 0.909. The first-order chi connectivity index (χ1) is 8.35. The molecule has 1 aromatic rings. The topological polar surface area (TPSA) is 51.8 Å². The maximum absolute atomic E-state index is 5.52. The lowest BCUT2D eigenvalue weighted by atomic mass is 10.2. The summed E-state index contributed by atoms with van der Waals surface area (Å²) in [4.78, 5) is 9.04. The zero-order valence-corrected chi connectivity index (χ0v) is 11.8. The van der Waals surface area contributed by atoms with E-state index in [-0.39, 0.29) is 0 Å². The third-order valence-electron chi connectivity index (χ3n) is 2.87. The van der Waals surface area contributed by atoms with E-state index >= 15 is 0 Å². The maximum atomic E-state index is 5.52. The molecule has 2 N–H and O–H groups in total. The predicted octanol–water partition coefficient (Wildman–Crippen LogP) is 2.28. The summed E-state index contributed by atoms with van der Waals surface area (Å²) in [6.45, 7) is 2.91. The second-order valence-electron chi connectivity index (χ2n) is 4.10. The van der Waals surface area contributed by atoms with Crippen molar-refractivity contribution in [1.82, 2.24) is 9.97 Å². The lowest BCUT2D eigenvalue weighted by Crippen LogP contribution is -2.20. The van der Waals surface area contributed by atoms with E-state index in [2.05, 4.69) is 28.7 Å². The first-order valence-corrected chi connectivity index (χ1v) is 8.19. The minimum Gasteiger partial charge on any atom is -0.330 e. The monoisotopic (exact) mass is 269 g/mol. The molecule has 1 aliphatic rings. The molecule has 2 heterocycles. The molecule has 1 saturated heterocycles. The molecule has 1 fully saturated rings. The molecule has 0 saturated carbocycles. The van der Waals surface area contributed by atoms with E-state index in [1.165, 1.54) is 17.9 Å². The minimum atomic E-state index is 0.464. The third kappa shape index (κ3) is 3.36. The van der Waals surface area contributed by atoms with Gasteiger partial charge in [-0.1, -0.05) is 6.92 Å². The van der Waals surface area contributed by atoms with E-state index in [4.69, 9.17) is 5.73 Å². The van der Waals surface area contributed by atoms with Crippen molar-refractivity contribution >= 4 is 23.5 Å². The van der Waals surface area contributed by atoms with Crippen LogP contribution in [0.1, 0.15) is 30.0 Å². The number of nitrogens with zero attached hydrogens (tertiary/aromatic N) is 2. The van der Waals surface area contributed by atoms with Gasteiger partial charge in [-0.3, -0.25) is 0 Å². The predicted molar refractivity (Wildman–Crippen MR) is 76.5 cm³/mol. The van der Waals surface area contributed by atoms with Crippen LogP contribution in [-0.4, -0.2) is 33.3 Å². The summed E-state index contributed by atoms with van der Waals surface area (Å²) < 4.78 is 0. The van der Waals surface area contributed by atoms with Crippen molar-refractivity contribution in [1.29, 1.82) is 0 Å². The van der Waals surface area contributed by atoms with Gasteiger partial charge in [0.1, 0.15) is 5.82 Å². The summed E-state index contributed by atoms with van der Waals surface area (Å²) in [7, 11) is 0. The molecule has 17 heavy (non-hydrogen) atoms. The Balaban J connectivity index is 2.09. The first-order valence-electron chi connectivity index (χ1n) is 6.09. The van der Waals surface area contributed by atoms with Crippen LogP contribution >= 0.6 is 23.5 Å². The summed E-state index contributed by atoms with van der Waals surface area (Å²) in [6, 6.07) is 0. The smallest absolute Gasteiger partial charge is 0.142 e. The van der Waals surface area contributed by atoms with Gasteiger partial charge in [-0.25, -0.2) is 9.97 Å². The van der Waals surface area contributed by atoms with Crippen molar-refractivity contribution in [2.45, 2.75) is 30.3 Å². The van der Waals surface area contributed by atoms with Gasteiger partial charge in [-0.2, -0.15) is 11.8 Å². The van der Waals surface area contributed by atoms with Crippen LogP contribution in [0.3, 0.4) is 0 Å².